The first-order valence-electron chi connectivity index (χ1n) is 8.43. The zero-order valence-electron chi connectivity index (χ0n) is 14.5. The summed E-state index contributed by atoms with van der Waals surface area (Å²) in [5, 5.41) is 10.5. The van der Waals surface area contributed by atoms with Crippen LogP contribution in [-0.2, 0) is 4.74 Å². The molecule has 1 aliphatic heterocycles. The molecule has 0 amide bonds. The van der Waals surface area contributed by atoms with Gasteiger partial charge in [0.05, 0.1) is 38.4 Å². The molecule has 1 fully saturated rings. The minimum Gasteiger partial charge on any atom is -0.497 e. The molecule has 3 heterocycles. The molecule has 2 N–H and O–H groups in total. The highest BCUT2D eigenvalue weighted by atomic mass is 16.5. The Morgan fingerprint density at radius 2 is 1.92 bits per heavy atom. The number of hydrogen-bond donors (Lipinski definition) is 2. The zero-order chi connectivity index (χ0) is 17.8. The molecule has 0 atom stereocenters. The number of ether oxygens (including phenoxy) is 2. The van der Waals surface area contributed by atoms with Gasteiger partial charge < -0.3 is 19.7 Å². The number of hydrogen-bond acceptors (Lipinski definition) is 7. The fourth-order valence-corrected chi connectivity index (χ4v) is 2.80. The van der Waals surface area contributed by atoms with Crippen molar-refractivity contribution in [2.75, 3.05) is 43.6 Å². The number of rotatable bonds is 5. The summed E-state index contributed by atoms with van der Waals surface area (Å²) in [7, 11) is 1.65. The van der Waals surface area contributed by atoms with Gasteiger partial charge in [0.15, 0.2) is 11.6 Å². The van der Waals surface area contributed by atoms with Gasteiger partial charge in [0.1, 0.15) is 11.6 Å². The number of nitrogens with zero attached hydrogens (tertiary/aromatic N) is 4. The van der Waals surface area contributed by atoms with E-state index in [9.17, 15) is 0 Å². The van der Waals surface area contributed by atoms with Gasteiger partial charge in [-0.3, -0.25) is 10.1 Å². The monoisotopic (exact) mass is 352 g/mol. The first-order valence-corrected chi connectivity index (χ1v) is 8.43. The van der Waals surface area contributed by atoms with Crippen LogP contribution < -0.4 is 15.0 Å². The molecule has 1 saturated heterocycles. The maximum absolute atomic E-state index is 5.38. The molecule has 0 radical (unpaired) electrons. The van der Waals surface area contributed by atoms with Crippen molar-refractivity contribution >= 4 is 17.5 Å². The van der Waals surface area contributed by atoms with Crippen LogP contribution in [0, 0.1) is 0 Å². The summed E-state index contributed by atoms with van der Waals surface area (Å²) >= 11 is 0. The summed E-state index contributed by atoms with van der Waals surface area (Å²) in [6.07, 6.45) is 3.45. The summed E-state index contributed by atoms with van der Waals surface area (Å²) in [6.45, 7) is 3.07. The summed E-state index contributed by atoms with van der Waals surface area (Å²) in [6, 6.07) is 9.73. The Labute approximate surface area is 151 Å². The van der Waals surface area contributed by atoms with E-state index < -0.39 is 0 Å². The summed E-state index contributed by atoms with van der Waals surface area (Å²) in [4.78, 5) is 11.1. The Kier molecular flexibility index (Phi) is 4.65. The van der Waals surface area contributed by atoms with Crippen LogP contribution in [0.3, 0.4) is 0 Å². The number of H-pyrrole nitrogens is 1. The molecule has 1 aliphatic rings. The van der Waals surface area contributed by atoms with Crippen LogP contribution in [0.25, 0.3) is 11.3 Å². The van der Waals surface area contributed by atoms with E-state index in [4.69, 9.17) is 9.47 Å². The van der Waals surface area contributed by atoms with E-state index in [1.807, 2.05) is 30.3 Å². The minimum atomic E-state index is 0.654. The van der Waals surface area contributed by atoms with Crippen LogP contribution in [0.5, 0.6) is 5.75 Å². The van der Waals surface area contributed by atoms with Crippen LogP contribution in [0.1, 0.15) is 0 Å². The van der Waals surface area contributed by atoms with Crippen molar-refractivity contribution in [2.45, 2.75) is 0 Å². The fraction of sp³-hybridized carbons (Fsp3) is 0.278. The van der Waals surface area contributed by atoms with Crippen molar-refractivity contribution in [3.8, 4) is 17.0 Å². The molecule has 134 valence electrons. The molecule has 26 heavy (non-hydrogen) atoms. The molecule has 3 aromatic rings. The fourth-order valence-electron chi connectivity index (χ4n) is 2.80. The Bertz CT molecular complexity index is 858. The molecule has 0 saturated carbocycles. The summed E-state index contributed by atoms with van der Waals surface area (Å²) in [5.41, 5.74) is 1.94. The van der Waals surface area contributed by atoms with E-state index >= 15 is 0 Å². The van der Waals surface area contributed by atoms with Crippen molar-refractivity contribution < 1.29 is 9.47 Å². The maximum Gasteiger partial charge on any atom is 0.153 e. The van der Waals surface area contributed by atoms with Crippen LogP contribution in [0.2, 0.25) is 0 Å². The van der Waals surface area contributed by atoms with Crippen molar-refractivity contribution in [1.82, 2.24) is 20.2 Å². The summed E-state index contributed by atoms with van der Waals surface area (Å²) < 4.78 is 10.6. The lowest BCUT2D eigenvalue weighted by molar-refractivity contribution is 0.122. The van der Waals surface area contributed by atoms with E-state index in [-0.39, 0.29) is 0 Å². The number of methoxy groups -OCH3 is 1. The average molecular weight is 352 g/mol. The Balaban J connectivity index is 1.48. The second kappa shape index (κ2) is 7.40. The second-order valence-corrected chi connectivity index (χ2v) is 5.88. The highest BCUT2D eigenvalue weighted by Crippen LogP contribution is 2.24. The number of benzene rings is 1. The SMILES string of the molecule is COc1ccc(-c2cc(Nc3cncc(N4CCOCC4)n3)n[nH]2)cc1. The Morgan fingerprint density at radius 1 is 1.12 bits per heavy atom. The maximum atomic E-state index is 5.38. The first-order chi connectivity index (χ1) is 12.8. The van der Waals surface area contributed by atoms with Gasteiger partial charge in [-0.15, -0.1) is 0 Å². The van der Waals surface area contributed by atoms with Crippen molar-refractivity contribution in [1.29, 1.82) is 0 Å². The highest BCUT2D eigenvalue weighted by molar-refractivity contribution is 5.65. The lowest BCUT2D eigenvalue weighted by Gasteiger charge is -2.27. The van der Waals surface area contributed by atoms with Crippen molar-refractivity contribution in [3.05, 3.63) is 42.7 Å². The van der Waals surface area contributed by atoms with Gasteiger partial charge >= 0.3 is 0 Å². The zero-order valence-corrected chi connectivity index (χ0v) is 14.5. The van der Waals surface area contributed by atoms with E-state index in [0.29, 0.717) is 24.8 Å². The average Bonchev–Trinajstić information content (AvgIpc) is 3.17. The first kappa shape index (κ1) is 16.3. The largest absolute Gasteiger partial charge is 0.497 e. The van der Waals surface area contributed by atoms with Gasteiger partial charge in [-0.05, 0) is 29.8 Å². The Morgan fingerprint density at radius 3 is 2.69 bits per heavy atom. The predicted octanol–water partition coefficient (Wildman–Crippen LogP) is 2.46. The van der Waals surface area contributed by atoms with Gasteiger partial charge in [0.25, 0.3) is 0 Å². The number of nitrogens with one attached hydrogen (secondary N) is 2. The van der Waals surface area contributed by atoms with E-state index in [1.165, 1.54) is 0 Å². The third kappa shape index (κ3) is 3.60. The molecule has 1 aromatic carbocycles. The molecule has 0 aliphatic carbocycles. The van der Waals surface area contributed by atoms with E-state index in [1.54, 1.807) is 19.5 Å². The van der Waals surface area contributed by atoms with Crippen LogP contribution >= 0.6 is 0 Å². The van der Waals surface area contributed by atoms with Gasteiger partial charge in [-0.1, -0.05) is 0 Å². The topological polar surface area (TPSA) is 88.2 Å². The van der Waals surface area contributed by atoms with E-state index in [0.717, 1.165) is 35.9 Å². The summed E-state index contributed by atoms with van der Waals surface area (Å²) in [5.74, 6) is 3.00. The third-order valence-corrected chi connectivity index (χ3v) is 4.19. The molecule has 0 unspecified atom stereocenters. The normalized spacial score (nSPS) is 14.3. The molecule has 4 rings (SSSR count). The van der Waals surface area contributed by atoms with Gasteiger partial charge in [0.2, 0.25) is 0 Å². The second-order valence-electron chi connectivity index (χ2n) is 5.88. The molecule has 2 aromatic heterocycles. The molecular weight excluding hydrogens is 332 g/mol. The highest BCUT2D eigenvalue weighted by Gasteiger charge is 2.13. The van der Waals surface area contributed by atoms with Crippen LogP contribution in [-0.4, -0.2) is 53.6 Å². The number of anilines is 3. The number of aromatic nitrogens is 4. The molecule has 0 spiro atoms. The smallest absolute Gasteiger partial charge is 0.153 e. The third-order valence-electron chi connectivity index (χ3n) is 4.19. The number of morpholine rings is 1. The minimum absolute atomic E-state index is 0.654. The van der Waals surface area contributed by atoms with E-state index in [2.05, 4.69) is 30.4 Å². The molecule has 0 bridgehead atoms. The van der Waals surface area contributed by atoms with Gasteiger partial charge in [-0.2, -0.15) is 5.10 Å². The molecular formula is C18H20N6O2. The molecule has 8 heteroatoms. The standard InChI is InChI=1S/C18H20N6O2/c1-25-14-4-2-13(3-5-14)15-10-16(23-22-15)20-17-11-19-12-18(21-17)24-6-8-26-9-7-24/h2-5,10-12H,6-9H2,1H3,(H2,20,21,22,23). The van der Waals surface area contributed by atoms with Gasteiger partial charge in [0, 0.05) is 19.2 Å². The lowest BCUT2D eigenvalue weighted by atomic mass is 10.1. The molecule has 8 nitrogen and oxygen atoms in total. The number of aromatic amines is 1. The predicted molar refractivity (Wildman–Crippen MR) is 98.9 cm³/mol. The van der Waals surface area contributed by atoms with Crippen LogP contribution in [0.15, 0.2) is 42.7 Å². The lowest BCUT2D eigenvalue weighted by Crippen LogP contribution is -2.36. The van der Waals surface area contributed by atoms with Gasteiger partial charge in [-0.25, -0.2) is 4.98 Å². The van der Waals surface area contributed by atoms with Crippen molar-refractivity contribution in [2.24, 2.45) is 0 Å². The Hall–Kier alpha value is -3.13. The van der Waals surface area contributed by atoms with Crippen LogP contribution in [0.4, 0.5) is 17.5 Å². The quantitative estimate of drug-likeness (QED) is 0.729. The van der Waals surface area contributed by atoms with Crippen molar-refractivity contribution in [3.63, 3.8) is 0 Å².